The van der Waals surface area contributed by atoms with E-state index < -0.39 is 0 Å². The van der Waals surface area contributed by atoms with E-state index in [1.807, 2.05) is 35.7 Å². The molecule has 1 N–H and O–H groups in total. The maximum absolute atomic E-state index is 9.43. The molecular formula is C15H19N5O. The van der Waals surface area contributed by atoms with Gasteiger partial charge in [0.2, 0.25) is 0 Å². The quantitative estimate of drug-likeness (QED) is 0.899. The van der Waals surface area contributed by atoms with Crippen LogP contribution in [-0.2, 0) is 0 Å². The molecule has 2 aromatic heterocycles. The molecule has 0 spiro atoms. The minimum atomic E-state index is 0.178. The first kappa shape index (κ1) is 13.9. The summed E-state index contributed by atoms with van der Waals surface area (Å²) in [5, 5.41) is 18.7. The molecule has 110 valence electrons. The number of imidazole rings is 1. The lowest BCUT2D eigenvalue weighted by Crippen LogP contribution is -2.50. The molecule has 0 amide bonds. The van der Waals surface area contributed by atoms with Gasteiger partial charge in [0.25, 0.3) is 0 Å². The van der Waals surface area contributed by atoms with Crippen LogP contribution >= 0.6 is 0 Å². The molecule has 2 aromatic rings. The Morgan fingerprint density at radius 3 is 2.76 bits per heavy atom. The lowest BCUT2D eigenvalue weighted by Gasteiger charge is -2.37. The van der Waals surface area contributed by atoms with Gasteiger partial charge in [0, 0.05) is 38.4 Å². The van der Waals surface area contributed by atoms with Crippen molar-refractivity contribution in [3.63, 3.8) is 0 Å². The van der Waals surface area contributed by atoms with Crippen molar-refractivity contribution in [3.8, 4) is 6.07 Å². The third kappa shape index (κ3) is 2.46. The first-order chi connectivity index (χ1) is 10.2. The number of nitrogens with zero attached hydrogens (tertiary/aromatic N) is 5. The van der Waals surface area contributed by atoms with Gasteiger partial charge in [0.05, 0.1) is 6.61 Å². The normalized spacial score (nSPS) is 17.9. The molecular weight excluding hydrogens is 266 g/mol. The third-order valence-electron chi connectivity index (χ3n) is 4.12. The van der Waals surface area contributed by atoms with Crippen molar-refractivity contribution in [2.45, 2.75) is 13.0 Å². The molecule has 6 nitrogen and oxygen atoms in total. The molecule has 0 radical (unpaired) electrons. The number of rotatable bonds is 3. The summed E-state index contributed by atoms with van der Waals surface area (Å²) in [6.45, 7) is 5.60. The monoisotopic (exact) mass is 285 g/mol. The summed E-state index contributed by atoms with van der Waals surface area (Å²) in [7, 11) is 0. The fourth-order valence-corrected chi connectivity index (χ4v) is 2.80. The van der Waals surface area contributed by atoms with Gasteiger partial charge in [-0.3, -0.25) is 9.30 Å². The predicted molar refractivity (Wildman–Crippen MR) is 80.2 cm³/mol. The number of piperazine rings is 1. The van der Waals surface area contributed by atoms with Crippen molar-refractivity contribution in [1.29, 1.82) is 5.26 Å². The van der Waals surface area contributed by atoms with Crippen molar-refractivity contribution in [1.82, 2.24) is 14.3 Å². The molecule has 0 aliphatic carbocycles. The van der Waals surface area contributed by atoms with Gasteiger partial charge in [-0.1, -0.05) is 6.07 Å². The van der Waals surface area contributed by atoms with Gasteiger partial charge in [-0.15, -0.1) is 0 Å². The number of pyridine rings is 1. The molecule has 3 heterocycles. The minimum absolute atomic E-state index is 0.178. The Kier molecular flexibility index (Phi) is 3.78. The number of hydrogen-bond acceptors (Lipinski definition) is 5. The van der Waals surface area contributed by atoms with Gasteiger partial charge < -0.3 is 10.0 Å². The number of aromatic nitrogens is 2. The Labute approximate surface area is 123 Å². The standard InChI is InChI=1S/C15H19N5O/c1-12(11-21)18-6-8-19(9-7-18)15-13(10-16)20-5-3-2-4-14(20)17-15/h2-5,12,21H,6-9,11H2,1H3. The maximum Gasteiger partial charge on any atom is 0.169 e. The molecule has 6 heteroatoms. The van der Waals surface area contributed by atoms with Crippen LogP contribution < -0.4 is 4.90 Å². The topological polar surface area (TPSA) is 67.8 Å². The van der Waals surface area contributed by atoms with Gasteiger partial charge in [-0.25, -0.2) is 4.98 Å². The fourth-order valence-electron chi connectivity index (χ4n) is 2.80. The average molecular weight is 285 g/mol. The molecule has 1 atom stereocenters. The number of anilines is 1. The summed E-state index contributed by atoms with van der Waals surface area (Å²) in [5.74, 6) is 0.764. The highest BCUT2D eigenvalue weighted by Crippen LogP contribution is 2.22. The summed E-state index contributed by atoms with van der Waals surface area (Å²) < 4.78 is 1.83. The van der Waals surface area contributed by atoms with E-state index in [1.165, 1.54) is 0 Å². The smallest absolute Gasteiger partial charge is 0.169 e. The van der Waals surface area contributed by atoms with Crippen LogP contribution in [0.1, 0.15) is 12.6 Å². The van der Waals surface area contributed by atoms with Crippen molar-refractivity contribution in [3.05, 3.63) is 30.1 Å². The van der Waals surface area contributed by atoms with Gasteiger partial charge in [0.1, 0.15) is 11.7 Å². The molecule has 1 unspecified atom stereocenters. The van der Waals surface area contributed by atoms with E-state index in [4.69, 9.17) is 0 Å². The van der Waals surface area contributed by atoms with Crippen LogP contribution in [0.5, 0.6) is 0 Å². The first-order valence-electron chi connectivity index (χ1n) is 7.21. The van der Waals surface area contributed by atoms with Crippen LogP contribution in [0.2, 0.25) is 0 Å². The van der Waals surface area contributed by atoms with Crippen molar-refractivity contribution in [2.75, 3.05) is 37.7 Å². The Bertz CT molecular complexity index is 666. The summed E-state index contributed by atoms with van der Waals surface area (Å²) >= 11 is 0. The van der Waals surface area contributed by atoms with E-state index in [-0.39, 0.29) is 12.6 Å². The fraction of sp³-hybridized carbons (Fsp3) is 0.467. The van der Waals surface area contributed by atoms with E-state index in [2.05, 4.69) is 20.9 Å². The number of nitriles is 1. The zero-order valence-corrected chi connectivity index (χ0v) is 12.1. The zero-order chi connectivity index (χ0) is 14.8. The van der Waals surface area contributed by atoms with Crippen LogP contribution in [0.3, 0.4) is 0 Å². The van der Waals surface area contributed by atoms with E-state index in [1.54, 1.807) is 0 Å². The molecule has 0 aromatic carbocycles. The van der Waals surface area contributed by atoms with Crippen molar-refractivity contribution < 1.29 is 5.11 Å². The SMILES string of the molecule is CC(CO)N1CCN(c2nc3ccccn3c2C#N)CC1. The second-order valence-corrected chi connectivity index (χ2v) is 5.38. The molecule has 1 saturated heterocycles. The minimum Gasteiger partial charge on any atom is -0.395 e. The van der Waals surface area contributed by atoms with E-state index in [0.29, 0.717) is 5.69 Å². The third-order valence-corrected chi connectivity index (χ3v) is 4.12. The lowest BCUT2D eigenvalue weighted by atomic mass is 10.2. The van der Waals surface area contributed by atoms with Gasteiger partial charge in [-0.05, 0) is 19.1 Å². The highest BCUT2D eigenvalue weighted by atomic mass is 16.3. The summed E-state index contributed by atoms with van der Waals surface area (Å²) in [4.78, 5) is 9.02. The Morgan fingerprint density at radius 1 is 1.33 bits per heavy atom. The number of aliphatic hydroxyl groups excluding tert-OH is 1. The highest BCUT2D eigenvalue weighted by molar-refractivity contribution is 5.60. The molecule has 0 saturated carbocycles. The molecule has 21 heavy (non-hydrogen) atoms. The van der Waals surface area contributed by atoms with E-state index >= 15 is 0 Å². The van der Waals surface area contributed by atoms with Gasteiger partial charge in [0.15, 0.2) is 11.5 Å². The van der Waals surface area contributed by atoms with E-state index in [9.17, 15) is 10.4 Å². The van der Waals surface area contributed by atoms with Crippen molar-refractivity contribution in [2.24, 2.45) is 0 Å². The van der Waals surface area contributed by atoms with Gasteiger partial charge >= 0.3 is 0 Å². The molecule has 3 rings (SSSR count). The lowest BCUT2D eigenvalue weighted by molar-refractivity contribution is 0.128. The van der Waals surface area contributed by atoms with Crippen LogP contribution in [0.15, 0.2) is 24.4 Å². The highest BCUT2D eigenvalue weighted by Gasteiger charge is 2.24. The molecule has 0 bridgehead atoms. The second-order valence-electron chi connectivity index (χ2n) is 5.38. The maximum atomic E-state index is 9.43. The summed E-state index contributed by atoms with van der Waals surface area (Å²) in [5.41, 5.74) is 1.39. The molecule has 1 fully saturated rings. The van der Waals surface area contributed by atoms with Crippen LogP contribution in [-0.4, -0.2) is 58.2 Å². The number of fused-ring (bicyclic) bond motifs is 1. The van der Waals surface area contributed by atoms with Gasteiger partial charge in [-0.2, -0.15) is 5.26 Å². The van der Waals surface area contributed by atoms with Crippen LogP contribution in [0, 0.1) is 11.3 Å². The van der Waals surface area contributed by atoms with Crippen LogP contribution in [0.25, 0.3) is 5.65 Å². The summed E-state index contributed by atoms with van der Waals surface area (Å²) in [6, 6.07) is 8.19. The Morgan fingerprint density at radius 2 is 2.10 bits per heavy atom. The number of hydrogen-bond donors (Lipinski definition) is 1. The number of aliphatic hydroxyl groups is 1. The van der Waals surface area contributed by atoms with Crippen LogP contribution in [0.4, 0.5) is 5.82 Å². The average Bonchev–Trinajstić information content (AvgIpc) is 2.92. The molecule has 1 aliphatic rings. The van der Waals surface area contributed by atoms with E-state index in [0.717, 1.165) is 37.6 Å². The van der Waals surface area contributed by atoms with Crippen molar-refractivity contribution >= 4 is 11.5 Å². The summed E-state index contributed by atoms with van der Waals surface area (Å²) in [6.07, 6.45) is 1.87. The predicted octanol–water partition coefficient (Wildman–Crippen LogP) is 0.709. The molecule has 1 aliphatic heterocycles. The Hall–Kier alpha value is -2.10. The Balaban J connectivity index is 1.84. The largest absolute Gasteiger partial charge is 0.395 e. The first-order valence-corrected chi connectivity index (χ1v) is 7.21. The zero-order valence-electron chi connectivity index (χ0n) is 12.1. The second kappa shape index (κ2) is 5.72.